The fraction of sp³-hybridized carbons (Fsp3) is 0.438. The Balaban J connectivity index is 1.71. The Bertz CT molecular complexity index is 623. The van der Waals surface area contributed by atoms with Crippen LogP contribution in [0.25, 0.3) is 10.8 Å². The van der Waals surface area contributed by atoms with Crippen LogP contribution >= 0.6 is 0 Å². The number of nitrogens with two attached hydrogens (primary N) is 1. The van der Waals surface area contributed by atoms with E-state index in [0.29, 0.717) is 0 Å². The van der Waals surface area contributed by atoms with E-state index in [0.717, 1.165) is 67.2 Å². The lowest BCUT2D eigenvalue weighted by Gasteiger charge is -2.26. The molecule has 1 aromatic carbocycles. The van der Waals surface area contributed by atoms with Crippen LogP contribution in [0.5, 0.6) is 0 Å². The number of morpholine rings is 1. The molecule has 5 nitrogen and oxygen atoms in total. The maximum Gasteiger partial charge on any atom is 0.133 e. The monoisotopic (exact) mass is 286 g/mol. The minimum atomic E-state index is 0.809. The molecule has 112 valence electrons. The van der Waals surface area contributed by atoms with Crippen LogP contribution in [-0.4, -0.2) is 49.3 Å². The molecule has 21 heavy (non-hydrogen) atoms. The Hall–Kier alpha value is -1.85. The fourth-order valence-electron chi connectivity index (χ4n) is 2.76. The zero-order valence-electron chi connectivity index (χ0n) is 12.4. The van der Waals surface area contributed by atoms with Crippen LogP contribution in [0.15, 0.2) is 24.4 Å². The van der Waals surface area contributed by atoms with Crippen molar-refractivity contribution in [3.05, 3.63) is 30.0 Å². The first-order valence-corrected chi connectivity index (χ1v) is 7.43. The molecule has 2 aromatic rings. The molecular weight excluding hydrogens is 264 g/mol. The van der Waals surface area contributed by atoms with E-state index >= 15 is 0 Å². The molecule has 2 heterocycles. The first kappa shape index (κ1) is 14.1. The fourth-order valence-corrected chi connectivity index (χ4v) is 2.76. The number of pyridine rings is 1. The van der Waals surface area contributed by atoms with E-state index in [1.807, 2.05) is 18.3 Å². The van der Waals surface area contributed by atoms with Gasteiger partial charge in [0.1, 0.15) is 5.82 Å². The van der Waals surface area contributed by atoms with Gasteiger partial charge in [0.15, 0.2) is 0 Å². The summed E-state index contributed by atoms with van der Waals surface area (Å²) >= 11 is 0. The molecule has 1 aliphatic rings. The van der Waals surface area contributed by atoms with Gasteiger partial charge in [-0.1, -0.05) is 0 Å². The number of fused-ring (bicyclic) bond motifs is 1. The topological polar surface area (TPSA) is 63.4 Å². The summed E-state index contributed by atoms with van der Waals surface area (Å²) in [6.07, 6.45) is 1.81. The predicted molar refractivity (Wildman–Crippen MR) is 86.6 cm³/mol. The van der Waals surface area contributed by atoms with Gasteiger partial charge in [0.25, 0.3) is 0 Å². The van der Waals surface area contributed by atoms with Gasteiger partial charge in [-0.2, -0.15) is 0 Å². The maximum atomic E-state index is 6.09. The van der Waals surface area contributed by atoms with Crippen molar-refractivity contribution >= 4 is 22.3 Å². The lowest BCUT2D eigenvalue weighted by atomic mass is 10.1. The third-order valence-corrected chi connectivity index (χ3v) is 3.88. The van der Waals surface area contributed by atoms with Gasteiger partial charge in [-0.25, -0.2) is 4.98 Å². The molecule has 1 saturated heterocycles. The van der Waals surface area contributed by atoms with Crippen molar-refractivity contribution in [2.45, 2.75) is 6.92 Å². The minimum absolute atomic E-state index is 0.809. The molecule has 1 aliphatic heterocycles. The van der Waals surface area contributed by atoms with Crippen LogP contribution in [0.3, 0.4) is 0 Å². The Morgan fingerprint density at radius 3 is 2.90 bits per heavy atom. The maximum absolute atomic E-state index is 6.09. The van der Waals surface area contributed by atoms with Gasteiger partial charge in [-0.3, -0.25) is 4.90 Å². The zero-order valence-corrected chi connectivity index (χ0v) is 12.4. The number of benzene rings is 1. The average Bonchev–Trinajstić information content (AvgIpc) is 2.49. The second-order valence-electron chi connectivity index (χ2n) is 5.49. The van der Waals surface area contributed by atoms with E-state index < -0.39 is 0 Å². The van der Waals surface area contributed by atoms with Gasteiger partial charge in [-0.05, 0) is 30.7 Å². The smallest absolute Gasteiger partial charge is 0.133 e. The number of nitrogens with one attached hydrogen (secondary N) is 1. The summed E-state index contributed by atoms with van der Waals surface area (Å²) in [6.45, 7) is 7.63. The van der Waals surface area contributed by atoms with E-state index in [-0.39, 0.29) is 0 Å². The van der Waals surface area contributed by atoms with Crippen molar-refractivity contribution in [1.29, 1.82) is 0 Å². The molecule has 3 rings (SSSR count). The van der Waals surface area contributed by atoms with Crippen molar-refractivity contribution in [2.75, 3.05) is 50.4 Å². The molecule has 0 atom stereocenters. The van der Waals surface area contributed by atoms with Gasteiger partial charge < -0.3 is 15.8 Å². The molecule has 0 amide bonds. The molecule has 0 bridgehead atoms. The quantitative estimate of drug-likeness (QED) is 0.840. The van der Waals surface area contributed by atoms with Crippen LogP contribution in [0.1, 0.15) is 5.56 Å². The summed E-state index contributed by atoms with van der Waals surface area (Å²) in [5.74, 6) is 0.913. The number of hydrogen-bond acceptors (Lipinski definition) is 5. The number of rotatable bonds is 4. The summed E-state index contributed by atoms with van der Waals surface area (Å²) in [6, 6.07) is 6.10. The molecule has 5 heteroatoms. The molecule has 1 aromatic heterocycles. The van der Waals surface area contributed by atoms with Crippen LogP contribution in [-0.2, 0) is 4.74 Å². The van der Waals surface area contributed by atoms with E-state index in [1.54, 1.807) is 0 Å². The average molecular weight is 286 g/mol. The number of aryl methyl sites for hydroxylation is 1. The molecule has 0 spiro atoms. The first-order valence-electron chi connectivity index (χ1n) is 7.43. The number of nitrogen functional groups attached to an aromatic ring is 1. The Morgan fingerprint density at radius 1 is 1.29 bits per heavy atom. The van der Waals surface area contributed by atoms with E-state index in [2.05, 4.69) is 28.2 Å². The van der Waals surface area contributed by atoms with E-state index in [4.69, 9.17) is 10.5 Å². The zero-order chi connectivity index (χ0) is 14.7. The van der Waals surface area contributed by atoms with E-state index in [1.165, 1.54) is 0 Å². The van der Waals surface area contributed by atoms with Crippen molar-refractivity contribution in [2.24, 2.45) is 0 Å². The van der Waals surface area contributed by atoms with Crippen molar-refractivity contribution in [1.82, 2.24) is 9.88 Å². The highest BCUT2D eigenvalue weighted by molar-refractivity contribution is 5.99. The number of ether oxygens (including phenoxy) is 1. The predicted octanol–water partition coefficient (Wildman–Crippen LogP) is 1.87. The molecule has 0 aliphatic carbocycles. The SMILES string of the molecule is Cc1cc(N)c2ccnc(NCCN3CCOCC3)c2c1. The third kappa shape index (κ3) is 3.25. The van der Waals surface area contributed by atoms with E-state index in [9.17, 15) is 0 Å². The van der Waals surface area contributed by atoms with Crippen LogP contribution < -0.4 is 11.1 Å². The second-order valence-corrected chi connectivity index (χ2v) is 5.49. The van der Waals surface area contributed by atoms with Crippen LogP contribution in [0.4, 0.5) is 11.5 Å². The lowest BCUT2D eigenvalue weighted by molar-refractivity contribution is 0.0398. The molecule has 3 N–H and O–H groups in total. The summed E-state index contributed by atoms with van der Waals surface area (Å²) in [5, 5.41) is 5.59. The number of anilines is 2. The van der Waals surface area contributed by atoms with Gasteiger partial charge in [0.05, 0.1) is 13.2 Å². The Kier molecular flexibility index (Phi) is 4.22. The van der Waals surface area contributed by atoms with Crippen LogP contribution in [0, 0.1) is 6.92 Å². The van der Waals surface area contributed by atoms with Gasteiger partial charge in [0.2, 0.25) is 0 Å². The molecular formula is C16H22N4O. The second kappa shape index (κ2) is 6.28. The molecule has 0 saturated carbocycles. The Morgan fingerprint density at radius 2 is 2.10 bits per heavy atom. The molecule has 1 fully saturated rings. The van der Waals surface area contributed by atoms with Gasteiger partial charge in [0, 0.05) is 48.8 Å². The highest BCUT2D eigenvalue weighted by Crippen LogP contribution is 2.27. The summed E-state index contributed by atoms with van der Waals surface area (Å²) in [5.41, 5.74) is 8.06. The summed E-state index contributed by atoms with van der Waals surface area (Å²) in [4.78, 5) is 6.87. The highest BCUT2D eigenvalue weighted by Gasteiger charge is 2.10. The third-order valence-electron chi connectivity index (χ3n) is 3.88. The van der Waals surface area contributed by atoms with Crippen molar-refractivity contribution < 1.29 is 4.74 Å². The summed E-state index contributed by atoms with van der Waals surface area (Å²) < 4.78 is 5.36. The standard InChI is InChI=1S/C16H22N4O/c1-12-10-14-13(15(17)11-12)2-3-18-16(14)19-4-5-20-6-8-21-9-7-20/h2-3,10-11H,4-9,17H2,1H3,(H,18,19). The van der Waals surface area contributed by atoms with Crippen LogP contribution in [0.2, 0.25) is 0 Å². The first-order chi connectivity index (χ1) is 10.2. The van der Waals surface area contributed by atoms with Crippen molar-refractivity contribution in [3.63, 3.8) is 0 Å². The van der Waals surface area contributed by atoms with Crippen molar-refractivity contribution in [3.8, 4) is 0 Å². The molecule has 0 unspecified atom stereocenters. The normalized spacial score (nSPS) is 16.2. The molecule has 0 radical (unpaired) electrons. The lowest BCUT2D eigenvalue weighted by Crippen LogP contribution is -2.39. The Labute approximate surface area is 125 Å². The minimum Gasteiger partial charge on any atom is -0.398 e. The number of aromatic nitrogens is 1. The van der Waals surface area contributed by atoms with Gasteiger partial charge in [-0.15, -0.1) is 0 Å². The largest absolute Gasteiger partial charge is 0.398 e. The number of nitrogens with zero attached hydrogens (tertiary/aromatic N) is 2. The van der Waals surface area contributed by atoms with Gasteiger partial charge >= 0.3 is 0 Å². The highest BCUT2D eigenvalue weighted by atomic mass is 16.5. The number of hydrogen-bond donors (Lipinski definition) is 2. The summed E-state index contributed by atoms with van der Waals surface area (Å²) in [7, 11) is 0.